The Morgan fingerprint density at radius 1 is 0.727 bits per heavy atom. The summed E-state index contributed by atoms with van der Waals surface area (Å²) in [6, 6.07) is 9.09. The van der Waals surface area contributed by atoms with Crippen molar-refractivity contribution in [3.63, 3.8) is 0 Å². The molecule has 3 aromatic rings. The average Bonchev–Trinajstić information content (AvgIpc) is 2.96. The molecule has 0 amide bonds. The van der Waals surface area contributed by atoms with Crippen molar-refractivity contribution in [1.29, 1.82) is 0 Å². The summed E-state index contributed by atoms with van der Waals surface area (Å²) in [5.41, 5.74) is 18.6. The van der Waals surface area contributed by atoms with Crippen LogP contribution in [0.3, 0.4) is 0 Å². The molecular weight excluding hydrogens is 759 g/mol. The molecule has 0 heterocycles. The van der Waals surface area contributed by atoms with Crippen LogP contribution in [0, 0.1) is 11.3 Å². The first kappa shape index (κ1) is 40.3. The van der Waals surface area contributed by atoms with E-state index in [9.17, 15) is 19.5 Å². The molecule has 0 spiro atoms. The van der Waals surface area contributed by atoms with E-state index in [1.807, 2.05) is 20.8 Å². The summed E-state index contributed by atoms with van der Waals surface area (Å²) in [5, 5.41) is 11.3. The summed E-state index contributed by atoms with van der Waals surface area (Å²) in [4.78, 5) is 34.4. The second kappa shape index (κ2) is 17.8. The van der Waals surface area contributed by atoms with Crippen molar-refractivity contribution in [2.75, 3.05) is 29.1 Å². The largest absolute Gasteiger partial charge is 0.396 e. The SMILES string of the molecule is CC(=O)c1cc(Cl)c(N)c(Cl)c1.CC(CC(C)(C)CO)C(=O)c1cc(Cl)c(N)c(Cl)c1.Nc1c(Cl)cc(C(=O)CBr)cc1Cl. The van der Waals surface area contributed by atoms with Gasteiger partial charge in [-0.25, -0.2) is 0 Å². The molecule has 240 valence electrons. The zero-order valence-electron chi connectivity index (χ0n) is 24.2. The van der Waals surface area contributed by atoms with E-state index in [-0.39, 0.29) is 56.4 Å². The number of Topliss-reactive ketones (excluding diaryl/α,β-unsaturated/α-hetero) is 3. The molecule has 7 nitrogen and oxygen atoms in total. The lowest BCUT2D eigenvalue weighted by Gasteiger charge is -2.25. The van der Waals surface area contributed by atoms with Crippen LogP contribution >= 0.6 is 85.5 Å². The maximum absolute atomic E-state index is 12.3. The van der Waals surface area contributed by atoms with Crippen molar-refractivity contribution in [1.82, 2.24) is 0 Å². The number of hydrogen-bond acceptors (Lipinski definition) is 7. The number of alkyl halides is 1. The average molecular weight is 791 g/mol. The van der Waals surface area contributed by atoms with Gasteiger partial charge in [-0.05, 0) is 55.2 Å². The van der Waals surface area contributed by atoms with E-state index in [4.69, 9.17) is 86.8 Å². The third-order valence-corrected chi connectivity index (χ3v) is 8.49. The first-order valence-corrected chi connectivity index (χ1v) is 16.1. The molecular formula is C30H32BrCl6N3O4. The molecule has 0 fully saturated rings. The minimum Gasteiger partial charge on any atom is -0.396 e. The van der Waals surface area contributed by atoms with Crippen LogP contribution in [0.5, 0.6) is 0 Å². The van der Waals surface area contributed by atoms with Gasteiger partial charge in [-0.15, -0.1) is 0 Å². The Morgan fingerprint density at radius 3 is 1.34 bits per heavy atom. The van der Waals surface area contributed by atoms with Crippen molar-refractivity contribution in [3.8, 4) is 0 Å². The lowest BCUT2D eigenvalue weighted by atomic mass is 9.81. The van der Waals surface area contributed by atoms with Gasteiger partial charge < -0.3 is 22.3 Å². The molecule has 0 aliphatic carbocycles. The molecule has 3 rings (SSSR count). The molecule has 7 N–H and O–H groups in total. The number of hydrogen-bond donors (Lipinski definition) is 4. The van der Waals surface area contributed by atoms with E-state index in [0.29, 0.717) is 54.6 Å². The van der Waals surface area contributed by atoms with Gasteiger partial charge >= 0.3 is 0 Å². The van der Waals surface area contributed by atoms with Gasteiger partial charge in [0, 0.05) is 29.2 Å². The Labute approximate surface area is 295 Å². The predicted octanol–water partition coefficient (Wildman–Crippen LogP) is 9.73. The van der Waals surface area contributed by atoms with Crippen LogP contribution in [-0.2, 0) is 0 Å². The fraction of sp³-hybridized carbons (Fsp3) is 0.300. The lowest BCUT2D eigenvalue weighted by molar-refractivity contribution is 0.0838. The Kier molecular flexibility index (Phi) is 16.3. The number of halogens is 7. The van der Waals surface area contributed by atoms with E-state index in [1.165, 1.54) is 43.3 Å². The van der Waals surface area contributed by atoms with Gasteiger partial charge in [0.25, 0.3) is 0 Å². The van der Waals surface area contributed by atoms with Crippen molar-refractivity contribution >= 4 is 120 Å². The molecule has 0 aliphatic heterocycles. The van der Waals surface area contributed by atoms with Crippen LogP contribution in [-0.4, -0.2) is 34.4 Å². The van der Waals surface area contributed by atoms with Gasteiger partial charge in [0.1, 0.15) is 0 Å². The molecule has 0 bridgehead atoms. The summed E-state index contributed by atoms with van der Waals surface area (Å²) in [5.74, 6) is -0.439. The van der Waals surface area contributed by atoms with Gasteiger partial charge in [0.15, 0.2) is 17.3 Å². The van der Waals surface area contributed by atoms with Crippen LogP contribution in [0.15, 0.2) is 36.4 Å². The van der Waals surface area contributed by atoms with Crippen LogP contribution in [0.25, 0.3) is 0 Å². The Hall–Kier alpha value is -1.75. The van der Waals surface area contributed by atoms with E-state index >= 15 is 0 Å². The summed E-state index contributed by atoms with van der Waals surface area (Å²) >= 11 is 37.8. The molecule has 0 saturated carbocycles. The van der Waals surface area contributed by atoms with Crippen LogP contribution in [0.1, 0.15) is 65.2 Å². The van der Waals surface area contributed by atoms with Gasteiger partial charge in [0.05, 0.1) is 52.5 Å². The number of rotatable bonds is 8. The number of anilines is 3. The molecule has 0 saturated heterocycles. The van der Waals surface area contributed by atoms with E-state index in [2.05, 4.69) is 15.9 Å². The third-order valence-electron chi connectivity index (χ3n) is 6.11. The highest BCUT2D eigenvalue weighted by Gasteiger charge is 2.25. The number of aliphatic hydroxyl groups excluding tert-OH is 1. The van der Waals surface area contributed by atoms with Crippen molar-refractivity contribution in [3.05, 3.63) is 83.2 Å². The number of benzene rings is 3. The fourth-order valence-corrected chi connectivity index (χ4v) is 5.39. The molecule has 0 aromatic heterocycles. The van der Waals surface area contributed by atoms with Gasteiger partial charge in [-0.1, -0.05) is 106 Å². The molecule has 44 heavy (non-hydrogen) atoms. The number of nitrogens with two attached hydrogens (primary N) is 3. The number of carbonyl (C=O) groups is 3. The number of nitrogen functional groups attached to an aromatic ring is 3. The standard InChI is InChI=1S/C14H19Cl2NO2.C8H6BrCl2NO.C8H7Cl2NO/c1-8(6-14(2,3)7-18)13(19)9-4-10(15)12(17)11(16)5-9;9-3-7(13)4-1-5(10)8(12)6(11)2-4;1-4(12)5-2-6(9)8(11)7(10)3-5/h4-5,8,18H,6-7,17H2,1-3H3;1-2H,3,12H2;2-3H,11H2,1H3. The van der Waals surface area contributed by atoms with Crippen LogP contribution in [0.2, 0.25) is 30.1 Å². The van der Waals surface area contributed by atoms with Crippen molar-refractivity contribution in [2.45, 2.75) is 34.1 Å². The van der Waals surface area contributed by atoms with Crippen LogP contribution in [0.4, 0.5) is 17.1 Å². The lowest BCUT2D eigenvalue weighted by Crippen LogP contribution is -2.24. The van der Waals surface area contributed by atoms with E-state index < -0.39 is 0 Å². The molecule has 1 atom stereocenters. The molecule has 14 heteroatoms. The minimum atomic E-state index is -0.295. The third kappa shape index (κ3) is 11.9. The number of aliphatic hydroxyl groups is 1. The fourth-order valence-electron chi connectivity index (χ4n) is 3.61. The second-order valence-corrected chi connectivity index (χ2v) is 13.5. The van der Waals surface area contributed by atoms with E-state index in [1.54, 1.807) is 0 Å². The highest BCUT2D eigenvalue weighted by molar-refractivity contribution is 9.09. The second-order valence-electron chi connectivity index (χ2n) is 10.5. The minimum absolute atomic E-state index is 0.0356. The quantitative estimate of drug-likeness (QED) is 0.101. The van der Waals surface area contributed by atoms with E-state index in [0.717, 1.165) is 0 Å². The van der Waals surface area contributed by atoms with Crippen LogP contribution < -0.4 is 17.2 Å². The number of ketones is 3. The maximum atomic E-state index is 12.3. The monoisotopic (exact) mass is 787 g/mol. The topological polar surface area (TPSA) is 150 Å². The maximum Gasteiger partial charge on any atom is 0.173 e. The molecule has 0 aliphatic rings. The Morgan fingerprint density at radius 2 is 1.05 bits per heavy atom. The first-order valence-electron chi connectivity index (χ1n) is 12.7. The number of carbonyl (C=O) groups excluding carboxylic acids is 3. The summed E-state index contributed by atoms with van der Waals surface area (Å²) in [6.45, 7) is 7.14. The zero-order valence-corrected chi connectivity index (χ0v) is 30.3. The Balaban J connectivity index is 0.000000342. The van der Waals surface area contributed by atoms with Gasteiger partial charge in [-0.2, -0.15) is 0 Å². The Bertz CT molecular complexity index is 1470. The highest BCUT2D eigenvalue weighted by atomic mass is 79.9. The summed E-state index contributed by atoms with van der Waals surface area (Å²) in [7, 11) is 0. The smallest absolute Gasteiger partial charge is 0.173 e. The first-order chi connectivity index (χ1) is 20.3. The van der Waals surface area contributed by atoms with Gasteiger partial charge in [0.2, 0.25) is 0 Å². The van der Waals surface area contributed by atoms with Gasteiger partial charge in [-0.3, -0.25) is 14.4 Å². The zero-order chi connectivity index (χ0) is 34.1. The predicted molar refractivity (Wildman–Crippen MR) is 190 cm³/mol. The molecule has 1 unspecified atom stereocenters. The molecule has 3 aromatic carbocycles. The summed E-state index contributed by atoms with van der Waals surface area (Å²) < 4.78 is 0. The highest BCUT2D eigenvalue weighted by Crippen LogP contribution is 2.33. The van der Waals surface area contributed by atoms with Crippen molar-refractivity contribution in [2.24, 2.45) is 11.3 Å². The normalized spacial score (nSPS) is 11.5. The van der Waals surface area contributed by atoms with Crippen molar-refractivity contribution < 1.29 is 19.5 Å². The summed E-state index contributed by atoms with van der Waals surface area (Å²) in [6.07, 6.45) is 0.585. The molecule has 0 radical (unpaired) electrons.